The van der Waals surface area contributed by atoms with Crippen LogP contribution in [0.4, 0.5) is 0 Å². The van der Waals surface area contributed by atoms with Gasteiger partial charge in [-0.2, -0.15) is 0 Å². The molecule has 0 spiro atoms. The maximum absolute atomic E-state index is 5.66. The van der Waals surface area contributed by atoms with Gasteiger partial charge in [-0.15, -0.1) is 0 Å². The summed E-state index contributed by atoms with van der Waals surface area (Å²) in [5.74, 6) is 1.46. The number of benzene rings is 1. The van der Waals surface area contributed by atoms with Crippen molar-refractivity contribution >= 4 is 0 Å². The molecule has 2 rings (SSSR count). The van der Waals surface area contributed by atoms with Crippen LogP contribution >= 0.6 is 0 Å². The van der Waals surface area contributed by atoms with Gasteiger partial charge in [-0.25, -0.2) is 0 Å². The minimum absolute atomic E-state index is 0.295. The van der Waals surface area contributed by atoms with E-state index in [0.29, 0.717) is 18.1 Å². The highest BCUT2D eigenvalue weighted by Gasteiger charge is 2.33. The molecule has 1 saturated heterocycles. The van der Waals surface area contributed by atoms with Crippen molar-refractivity contribution in [3.63, 3.8) is 0 Å². The Morgan fingerprint density at radius 3 is 2.76 bits per heavy atom. The molecule has 1 N–H and O–H groups in total. The summed E-state index contributed by atoms with van der Waals surface area (Å²) in [7, 11) is 3.72. The number of methoxy groups -OCH3 is 1. The van der Waals surface area contributed by atoms with Crippen LogP contribution in [0.3, 0.4) is 0 Å². The molecular weight excluding hydrogens is 214 g/mol. The highest BCUT2D eigenvalue weighted by atomic mass is 16.5. The number of hydrogen-bond acceptors (Lipinski definition) is 3. The molecule has 0 aliphatic carbocycles. The zero-order chi connectivity index (χ0) is 12.3. The lowest BCUT2D eigenvalue weighted by atomic mass is 9.88. The predicted molar refractivity (Wildman–Crippen MR) is 68.3 cm³/mol. The van der Waals surface area contributed by atoms with Gasteiger partial charge in [-0.1, -0.05) is 18.2 Å². The molecule has 94 valence electrons. The van der Waals surface area contributed by atoms with E-state index in [1.54, 1.807) is 7.11 Å². The van der Waals surface area contributed by atoms with Gasteiger partial charge in [0.25, 0.3) is 0 Å². The summed E-state index contributed by atoms with van der Waals surface area (Å²) in [5.41, 5.74) is 1.22. The average Bonchev–Trinajstić information content (AvgIpc) is 2.78. The smallest absolute Gasteiger partial charge is 0.123 e. The number of hydrogen-bond donors (Lipinski definition) is 1. The van der Waals surface area contributed by atoms with Crippen LogP contribution in [0.2, 0.25) is 0 Å². The van der Waals surface area contributed by atoms with Crippen molar-refractivity contribution in [3.05, 3.63) is 29.8 Å². The maximum atomic E-state index is 5.66. The maximum Gasteiger partial charge on any atom is 0.123 e. The van der Waals surface area contributed by atoms with E-state index in [1.165, 1.54) is 5.56 Å². The molecular formula is C14H21NO2. The molecule has 1 aromatic carbocycles. The van der Waals surface area contributed by atoms with Gasteiger partial charge in [0.05, 0.1) is 13.2 Å². The van der Waals surface area contributed by atoms with Crippen molar-refractivity contribution in [2.24, 2.45) is 5.92 Å². The van der Waals surface area contributed by atoms with Crippen LogP contribution in [0.25, 0.3) is 0 Å². The van der Waals surface area contributed by atoms with Crippen LogP contribution in [0, 0.1) is 5.92 Å². The van der Waals surface area contributed by atoms with E-state index < -0.39 is 0 Å². The molecule has 0 radical (unpaired) electrons. The highest BCUT2D eigenvalue weighted by molar-refractivity contribution is 5.36. The SMILES string of the molecule is CNC(c1ccccc1OC)C1CCOC1C. The zero-order valence-corrected chi connectivity index (χ0v) is 10.8. The lowest BCUT2D eigenvalue weighted by Gasteiger charge is -2.27. The molecule has 0 aromatic heterocycles. The third-order valence-corrected chi connectivity index (χ3v) is 3.65. The van der Waals surface area contributed by atoms with Crippen LogP contribution in [0.1, 0.15) is 24.9 Å². The van der Waals surface area contributed by atoms with Crippen LogP contribution < -0.4 is 10.1 Å². The van der Waals surface area contributed by atoms with E-state index in [9.17, 15) is 0 Å². The molecule has 17 heavy (non-hydrogen) atoms. The monoisotopic (exact) mass is 235 g/mol. The Balaban J connectivity index is 2.28. The molecule has 3 nitrogen and oxygen atoms in total. The molecule has 0 saturated carbocycles. The van der Waals surface area contributed by atoms with Gasteiger partial charge < -0.3 is 14.8 Å². The number of rotatable bonds is 4. The van der Waals surface area contributed by atoms with E-state index in [0.717, 1.165) is 18.8 Å². The number of nitrogens with one attached hydrogen (secondary N) is 1. The van der Waals surface area contributed by atoms with Gasteiger partial charge in [0.15, 0.2) is 0 Å². The second-order valence-corrected chi connectivity index (χ2v) is 4.54. The van der Waals surface area contributed by atoms with Crippen molar-refractivity contribution in [2.45, 2.75) is 25.5 Å². The molecule has 0 amide bonds. The normalized spacial score (nSPS) is 25.8. The second kappa shape index (κ2) is 5.52. The highest BCUT2D eigenvalue weighted by Crippen LogP contribution is 2.36. The van der Waals surface area contributed by atoms with E-state index in [-0.39, 0.29) is 0 Å². The Hall–Kier alpha value is -1.06. The summed E-state index contributed by atoms with van der Waals surface area (Å²) < 4.78 is 11.1. The molecule has 3 unspecified atom stereocenters. The summed E-state index contributed by atoms with van der Waals surface area (Å²) in [5, 5.41) is 3.41. The van der Waals surface area contributed by atoms with Crippen LogP contribution in [0.5, 0.6) is 5.75 Å². The minimum atomic E-state index is 0.295. The van der Waals surface area contributed by atoms with E-state index >= 15 is 0 Å². The van der Waals surface area contributed by atoms with Gasteiger partial charge in [-0.3, -0.25) is 0 Å². The second-order valence-electron chi connectivity index (χ2n) is 4.54. The molecule has 1 aromatic rings. The summed E-state index contributed by atoms with van der Waals surface area (Å²) in [4.78, 5) is 0. The topological polar surface area (TPSA) is 30.5 Å². The average molecular weight is 235 g/mol. The number of para-hydroxylation sites is 1. The van der Waals surface area contributed by atoms with E-state index in [1.807, 2.05) is 19.2 Å². The van der Waals surface area contributed by atoms with Crippen molar-refractivity contribution in [1.82, 2.24) is 5.32 Å². The summed E-state index contributed by atoms with van der Waals surface area (Å²) >= 11 is 0. The number of ether oxygens (including phenoxy) is 2. The van der Waals surface area contributed by atoms with Crippen molar-refractivity contribution in [2.75, 3.05) is 20.8 Å². The fourth-order valence-electron chi connectivity index (χ4n) is 2.71. The Morgan fingerprint density at radius 1 is 1.41 bits per heavy atom. The first-order valence-electron chi connectivity index (χ1n) is 6.19. The first kappa shape index (κ1) is 12.4. The molecule has 3 atom stereocenters. The van der Waals surface area contributed by atoms with Crippen molar-refractivity contribution in [1.29, 1.82) is 0 Å². The minimum Gasteiger partial charge on any atom is -0.496 e. The molecule has 1 aliphatic rings. The lowest BCUT2D eigenvalue weighted by Crippen LogP contribution is -2.29. The van der Waals surface area contributed by atoms with Gasteiger partial charge in [-0.05, 0) is 26.5 Å². The van der Waals surface area contributed by atoms with Gasteiger partial charge in [0.1, 0.15) is 5.75 Å². The molecule has 1 fully saturated rings. The third-order valence-electron chi connectivity index (χ3n) is 3.65. The molecule has 1 heterocycles. The van der Waals surface area contributed by atoms with Crippen LogP contribution in [-0.2, 0) is 4.74 Å². The Labute approximate surface area is 103 Å². The van der Waals surface area contributed by atoms with Crippen LogP contribution in [0.15, 0.2) is 24.3 Å². The van der Waals surface area contributed by atoms with Crippen molar-refractivity contribution < 1.29 is 9.47 Å². The largest absolute Gasteiger partial charge is 0.496 e. The van der Waals surface area contributed by atoms with Crippen molar-refractivity contribution in [3.8, 4) is 5.75 Å². The Kier molecular flexibility index (Phi) is 4.02. The van der Waals surface area contributed by atoms with Gasteiger partial charge in [0.2, 0.25) is 0 Å². The summed E-state index contributed by atoms with van der Waals surface area (Å²) in [6.07, 6.45) is 1.41. The molecule has 3 heteroatoms. The quantitative estimate of drug-likeness (QED) is 0.869. The fraction of sp³-hybridized carbons (Fsp3) is 0.571. The first-order valence-corrected chi connectivity index (χ1v) is 6.19. The lowest BCUT2D eigenvalue weighted by molar-refractivity contribution is 0.0960. The Bertz CT molecular complexity index is 367. The summed E-state index contributed by atoms with van der Waals surface area (Å²) in [6, 6.07) is 8.50. The fourth-order valence-corrected chi connectivity index (χ4v) is 2.71. The standard InChI is InChI=1S/C14H21NO2/c1-10-11(8-9-17-10)14(15-2)12-6-4-5-7-13(12)16-3/h4-7,10-11,14-15H,8-9H2,1-3H3. The molecule has 0 bridgehead atoms. The third kappa shape index (κ3) is 2.45. The van der Waals surface area contributed by atoms with E-state index in [4.69, 9.17) is 9.47 Å². The van der Waals surface area contributed by atoms with Crippen LogP contribution in [-0.4, -0.2) is 26.9 Å². The van der Waals surface area contributed by atoms with Gasteiger partial charge >= 0.3 is 0 Å². The Morgan fingerprint density at radius 2 is 2.18 bits per heavy atom. The molecule has 1 aliphatic heterocycles. The zero-order valence-electron chi connectivity index (χ0n) is 10.8. The van der Waals surface area contributed by atoms with Gasteiger partial charge in [0, 0.05) is 24.1 Å². The predicted octanol–water partition coefficient (Wildman–Crippen LogP) is 2.38. The first-order chi connectivity index (χ1) is 8.27. The van der Waals surface area contributed by atoms with E-state index in [2.05, 4.69) is 24.4 Å². The summed E-state index contributed by atoms with van der Waals surface area (Å²) in [6.45, 7) is 3.01.